The highest BCUT2D eigenvalue weighted by atomic mass is 16.5. The van der Waals surface area contributed by atoms with Gasteiger partial charge in [-0.2, -0.15) is 0 Å². The van der Waals surface area contributed by atoms with E-state index < -0.39 is 0 Å². The molecule has 3 aromatic rings. The van der Waals surface area contributed by atoms with Crippen molar-refractivity contribution in [3.05, 3.63) is 53.7 Å². The van der Waals surface area contributed by atoms with Gasteiger partial charge in [-0.15, -0.1) is 0 Å². The van der Waals surface area contributed by atoms with Gasteiger partial charge in [0.05, 0.1) is 24.9 Å². The quantitative estimate of drug-likeness (QED) is 0.435. The van der Waals surface area contributed by atoms with Gasteiger partial charge in [0.1, 0.15) is 0 Å². The van der Waals surface area contributed by atoms with Crippen LogP contribution in [0.3, 0.4) is 0 Å². The second kappa shape index (κ2) is 9.01. The monoisotopic (exact) mass is 419 g/mol. The average molecular weight is 419 g/mol. The van der Waals surface area contributed by atoms with E-state index in [2.05, 4.69) is 32.0 Å². The van der Waals surface area contributed by atoms with Gasteiger partial charge in [0.2, 0.25) is 11.9 Å². The first-order valence-electron chi connectivity index (χ1n) is 10.1. The van der Waals surface area contributed by atoms with Crippen LogP contribution in [0.5, 0.6) is 11.5 Å². The Morgan fingerprint density at radius 1 is 1.23 bits per heavy atom. The molecule has 0 spiro atoms. The first kappa shape index (κ1) is 20.6. The normalized spacial score (nSPS) is 12.4. The molecule has 8 nitrogen and oxygen atoms in total. The SMILES string of the molecule is CNCCCc1ccc2c(c1)NC(=O)Cc1cnc(Nc3ccc(OC)c(O)c3)nc1-2. The van der Waals surface area contributed by atoms with Crippen molar-refractivity contribution in [3.8, 4) is 22.8 Å². The summed E-state index contributed by atoms with van der Waals surface area (Å²) in [6.45, 7) is 0.940. The molecular formula is C23H25N5O3. The minimum atomic E-state index is -0.0863. The highest BCUT2D eigenvalue weighted by Gasteiger charge is 2.21. The standard InChI is InChI=1S/C23H25N5O3/c1-24-9-3-4-14-5-7-17-18(10-14)27-21(30)11-15-13-25-23(28-22(15)17)26-16-6-8-20(31-2)19(29)12-16/h5-8,10,12-13,24,29H,3-4,9,11H2,1-2H3,(H,27,30)(H,25,26,28). The van der Waals surface area contributed by atoms with Crippen molar-refractivity contribution in [3.63, 3.8) is 0 Å². The van der Waals surface area contributed by atoms with Crippen LogP contribution in [0.2, 0.25) is 0 Å². The van der Waals surface area contributed by atoms with Gasteiger partial charge in [-0.25, -0.2) is 9.97 Å². The predicted octanol–water partition coefficient (Wildman–Crippen LogP) is 3.25. The summed E-state index contributed by atoms with van der Waals surface area (Å²) in [6, 6.07) is 11.1. The lowest BCUT2D eigenvalue weighted by molar-refractivity contribution is -0.115. The van der Waals surface area contributed by atoms with E-state index >= 15 is 0 Å². The first-order chi connectivity index (χ1) is 15.1. The molecule has 0 atom stereocenters. The van der Waals surface area contributed by atoms with Gasteiger partial charge in [-0.05, 0) is 50.2 Å². The molecule has 1 amide bonds. The number of carbonyl (C=O) groups is 1. The molecule has 2 aromatic carbocycles. The Labute approximate surface area is 180 Å². The van der Waals surface area contributed by atoms with Gasteiger partial charge in [0, 0.05) is 29.1 Å². The van der Waals surface area contributed by atoms with Crippen molar-refractivity contribution in [2.45, 2.75) is 19.3 Å². The van der Waals surface area contributed by atoms with Crippen LogP contribution in [-0.2, 0) is 17.6 Å². The summed E-state index contributed by atoms with van der Waals surface area (Å²) in [5.41, 5.74) is 4.89. The fourth-order valence-corrected chi connectivity index (χ4v) is 3.62. The number of rotatable bonds is 7. The maximum Gasteiger partial charge on any atom is 0.228 e. The van der Waals surface area contributed by atoms with Crippen molar-refractivity contribution >= 4 is 23.2 Å². The number of methoxy groups -OCH3 is 1. The number of aromatic hydroxyl groups is 1. The summed E-state index contributed by atoms with van der Waals surface area (Å²) >= 11 is 0. The topological polar surface area (TPSA) is 108 Å². The average Bonchev–Trinajstić information content (AvgIpc) is 2.89. The Morgan fingerprint density at radius 2 is 2.10 bits per heavy atom. The molecule has 0 fully saturated rings. The van der Waals surface area contributed by atoms with E-state index in [9.17, 15) is 9.90 Å². The Kier molecular flexibility index (Phi) is 5.99. The number of benzene rings is 2. The van der Waals surface area contributed by atoms with Crippen LogP contribution >= 0.6 is 0 Å². The summed E-state index contributed by atoms with van der Waals surface area (Å²) in [5.74, 6) is 0.698. The number of nitrogens with one attached hydrogen (secondary N) is 3. The van der Waals surface area contributed by atoms with Crippen LogP contribution in [-0.4, -0.2) is 41.7 Å². The number of nitrogens with zero attached hydrogens (tertiary/aromatic N) is 2. The number of hydrogen-bond donors (Lipinski definition) is 4. The number of amides is 1. The molecule has 4 N–H and O–H groups in total. The van der Waals surface area contributed by atoms with E-state index in [4.69, 9.17) is 4.74 Å². The number of ether oxygens (including phenoxy) is 1. The highest BCUT2D eigenvalue weighted by Crippen LogP contribution is 2.35. The van der Waals surface area contributed by atoms with Gasteiger partial charge >= 0.3 is 0 Å². The minimum absolute atomic E-state index is 0.0215. The molecule has 0 saturated carbocycles. The number of phenolic OH excluding ortho intramolecular Hbond substituents is 1. The van der Waals surface area contributed by atoms with Crippen molar-refractivity contribution in [1.82, 2.24) is 15.3 Å². The maximum absolute atomic E-state index is 12.4. The number of fused-ring (bicyclic) bond motifs is 3. The molecule has 1 aromatic heterocycles. The molecule has 1 aliphatic heterocycles. The van der Waals surface area contributed by atoms with E-state index in [1.54, 1.807) is 24.4 Å². The van der Waals surface area contributed by atoms with Gasteiger partial charge in [-0.3, -0.25) is 4.79 Å². The fourth-order valence-electron chi connectivity index (χ4n) is 3.62. The van der Waals surface area contributed by atoms with Crippen LogP contribution in [0.25, 0.3) is 11.3 Å². The van der Waals surface area contributed by atoms with Gasteiger partial charge in [0.25, 0.3) is 0 Å². The summed E-state index contributed by atoms with van der Waals surface area (Å²) in [4.78, 5) is 21.5. The third-order valence-electron chi connectivity index (χ3n) is 5.16. The van der Waals surface area contributed by atoms with Crippen LogP contribution in [0.15, 0.2) is 42.6 Å². The lowest BCUT2D eigenvalue weighted by atomic mass is 10.0. The molecule has 31 heavy (non-hydrogen) atoms. The van der Waals surface area contributed by atoms with Crippen LogP contribution < -0.4 is 20.7 Å². The van der Waals surface area contributed by atoms with E-state index in [1.807, 2.05) is 19.2 Å². The second-order valence-electron chi connectivity index (χ2n) is 7.39. The Hall–Kier alpha value is -3.65. The molecule has 0 radical (unpaired) electrons. The van der Waals surface area contributed by atoms with Gasteiger partial charge in [0.15, 0.2) is 11.5 Å². The van der Waals surface area contributed by atoms with Crippen molar-refractivity contribution in [2.24, 2.45) is 0 Å². The summed E-state index contributed by atoms with van der Waals surface area (Å²) in [6.07, 6.45) is 3.82. The second-order valence-corrected chi connectivity index (χ2v) is 7.39. The zero-order valence-corrected chi connectivity index (χ0v) is 17.5. The largest absolute Gasteiger partial charge is 0.504 e. The summed E-state index contributed by atoms with van der Waals surface area (Å²) in [5, 5.41) is 19.3. The van der Waals surface area contributed by atoms with Gasteiger partial charge < -0.3 is 25.8 Å². The molecule has 4 rings (SSSR count). The molecule has 2 heterocycles. The highest BCUT2D eigenvalue weighted by molar-refractivity contribution is 6.00. The third-order valence-corrected chi connectivity index (χ3v) is 5.16. The number of aryl methyl sites for hydroxylation is 1. The van der Waals surface area contributed by atoms with Gasteiger partial charge in [-0.1, -0.05) is 12.1 Å². The Balaban J connectivity index is 1.66. The van der Waals surface area contributed by atoms with E-state index in [0.29, 0.717) is 23.1 Å². The van der Waals surface area contributed by atoms with Crippen molar-refractivity contribution in [1.29, 1.82) is 0 Å². The molecule has 0 saturated heterocycles. The zero-order chi connectivity index (χ0) is 21.8. The molecule has 0 aliphatic carbocycles. The van der Waals surface area contributed by atoms with E-state index in [-0.39, 0.29) is 18.1 Å². The van der Waals surface area contributed by atoms with E-state index in [0.717, 1.165) is 36.2 Å². The molecule has 160 valence electrons. The number of anilines is 3. The number of carbonyl (C=O) groups excluding carboxylic acids is 1. The molecular weight excluding hydrogens is 394 g/mol. The summed E-state index contributed by atoms with van der Waals surface area (Å²) in [7, 11) is 3.43. The lowest BCUT2D eigenvalue weighted by Gasteiger charge is -2.12. The molecule has 0 unspecified atom stereocenters. The third kappa shape index (κ3) is 4.59. The summed E-state index contributed by atoms with van der Waals surface area (Å²) < 4.78 is 5.08. The Morgan fingerprint density at radius 3 is 2.87 bits per heavy atom. The van der Waals surface area contributed by atoms with E-state index in [1.165, 1.54) is 12.7 Å². The van der Waals surface area contributed by atoms with Crippen molar-refractivity contribution < 1.29 is 14.6 Å². The predicted molar refractivity (Wildman–Crippen MR) is 120 cm³/mol. The minimum Gasteiger partial charge on any atom is -0.504 e. The van der Waals surface area contributed by atoms with Crippen LogP contribution in [0, 0.1) is 0 Å². The van der Waals surface area contributed by atoms with Crippen molar-refractivity contribution in [2.75, 3.05) is 31.3 Å². The fraction of sp³-hybridized carbons (Fsp3) is 0.261. The van der Waals surface area contributed by atoms with Crippen LogP contribution in [0.1, 0.15) is 17.5 Å². The first-order valence-corrected chi connectivity index (χ1v) is 10.1. The lowest BCUT2D eigenvalue weighted by Crippen LogP contribution is -2.13. The number of phenols is 1. The number of aromatic nitrogens is 2. The van der Waals surface area contributed by atoms with Crippen LogP contribution in [0.4, 0.5) is 17.3 Å². The zero-order valence-electron chi connectivity index (χ0n) is 17.5. The maximum atomic E-state index is 12.4. The molecule has 8 heteroatoms. The number of hydrogen-bond acceptors (Lipinski definition) is 7. The molecule has 1 aliphatic rings. The Bertz CT molecular complexity index is 1120. The smallest absolute Gasteiger partial charge is 0.228 e. The molecule has 0 bridgehead atoms.